The number of sulfonamides is 1. The van der Waals surface area contributed by atoms with E-state index in [1.807, 2.05) is 23.1 Å². The molecule has 2 aromatic rings. The predicted octanol–water partition coefficient (Wildman–Crippen LogP) is 1.44. The highest BCUT2D eigenvalue weighted by atomic mass is 32.2. The lowest BCUT2D eigenvalue weighted by Crippen LogP contribution is -2.47. The van der Waals surface area contributed by atoms with Crippen LogP contribution in [0, 0.1) is 0 Å². The average Bonchev–Trinajstić information content (AvgIpc) is 3.28. The molecule has 4 rings (SSSR count). The summed E-state index contributed by atoms with van der Waals surface area (Å²) in [5.74, 6) is 0.349. The maximum absolute atomic E-state index is 13.1. The Morgan fingerprint density at radius 1 is 1.13 bits per heavy atom. The topological polar surface area (TPSA) is 91.0 Å². The summed E-state index contributed by atoms with van der Waals surface area (Å²) in [5, 5.41) is 0. The molecule has 1 fully saturated rings. The van der Waals surface area contributed by atoms with Crippen LogP contribution in [0.2, 0.25) is 0 Å². The molecule has 0 spiro atoms. The molecule has 31 heavy (non-hydrogen) atoms. The summed E-state index contributed by atoms with van der Waals surface area (Å²) < 4.78 is 31.8. The van der Waals surface area contributed by atoms with Gasteiger partial charge in [0.15, 0.2) is 0 Å². The normalized spacial score (nSPS) is 21.2. The first kappa shape index (κ1) is 21.8. The highest BCUT2D eigenvalue weighted by molar-refractivity contribution is 7.89. The number of rotatable bonds is 5. The molecule has 1 saturated heterocycles. The zero-order valence-electron chi connectivity index (χ0n) is 18.0. The fourth-order valence-corrected chi connectivity index (χ4v) is 5.23. The van der Waals surface area contributed by atoms with Crippen molar-refractivity contribution >= 4 is 15.9 Å². The minimum atomic E-state index is -3.66. The fraction of sp³-hybridized carbons (Fsp3) is 0.409. The minimum Gasteiger partial charge on any atom is -0.495 e. The predicted molar refractivity (Wildman–Crippen MR) is 117 cm³/mol. The lowest BCUT2D eigenvalue weighted by molar-refractivity contribution is -0.134. The van der Waals surface area contributed by atoms with Crippen molar-refractivity contribution in [2.45, 2.75) is 36.4 Å². The largest absolute Gasteiger partial charge is 0.495 e. The molecule has 2 unspecified atom stereocenters. The molecule has 2 atom stereocenters. The first-order valence-electron chi connectivity index (χ1n) is 10.3. The summed E-state index contributed by atoms with van der Waals surface area (Å²) in [6, 6.07) is 12.8. The molecule has 8 nitrogen and oxygen atoms in total. The Morgan fingerprint density at radius 3 is 2.58 bits per heavy atom. The van der Waals surface area contributed by atoms with Gasteiger partial charge in [-0.15, -0.1) is 0 Å². The van der Waals surface area contributed by atoms with Gasteiger partial charge in [0, 0.05) is 33.2 Å². The number of methoxy groups -OCH3 is 1. The molecule has 2 heterocycles. The lowest BCUT2D eigenvalue weighted by Gasteiger charge is -2.30. The van der Waals surface area contributed by atoms with Gasteiger partial charge in [0.25, 0.3) is 0 Å². The minimum absolute atomic E-state index is 0.0548. The Morgan fingerprint density at radius 2 is 1.87 bits per heavy atom. The second-order valence-corrected chi connectivity index (χ2v) is 10.2. The molecule has 2 aromatic carbocycles. The number of hydrazine groups is 1. The van der Waals surface area contributed by atoms with E-state index < -0.39 is 10.0 Å². The Balaban J connectivity index is 1.50. The van der Waals surface area contributed by atoms with Crippen LogP contribution in [0.5, 0.6) is 5.75 Å². The molecule has 0 aliphatic carbocycles. The van der Waals surface area contributed by atoms with Crippen LogP contribution in [-0.2, 0) is 27.8 Å². The monoisotopic (exact) mass is 444 g/mol. The zero-order valence-corrected chi connectivity index (χ0v) is 18.8. The second kappa shape index (κ2) is 8.58. The van der Waals surface area contributed by atoms with Gasteiger partial charge < -0.3 is 9.64 Å². The third-order valence-electron chi connectivity index (χ3n) is 5.99. The fourth-order valence-electron chi connectivity index (χ4n) is 4.15. The molecule has 1 amide bonds. The van der Waals surface area contributed by atoms with Crippen LogP contribution in [0.15, 0.2) is 47.4 Å². The number of ether oxygens (including phenoxy) is 1. The van der Waals surface area contributed by atoms with Gasteiger partial charge in [-0.05, 0) is 41.7 Å². The number of nitrogens with zero attached hydrogens (tertiary/aromatic N) is 2. The number of carbonyl (C=O) groups is 1. The molecule has 0 aromatic heterocycles. The summed E-state index contributed by atoms with van der Waals surface area (Å²) in [5.41, 5.74) is 9.54. The van der Waals surface area contributed by atoms with Crippen LogP contribution in [0.25, 0.3) is 0 Å². The summed E-state index contributed by atoms with van der Waals surface area (Å²) in [6.07, 6.45) is 1.39. The number of carbonyl (C=O) groups excluding carboxylic acids is 1. The second-order valence-electron chi connectivity index (χ2n) is 8.11. The maximum atomic E-state index is 13.1. The van der Waals surface area contributed by atoms with Crippen molar-refractivity contribution in [1.29, 1.82) is 0 Å². The van der Waals surface area contributed by atoms with Crippen molar-refractivity contribution in [3.8, 4) is 5.75 Å². The Bertz CT molecular complexity index is 1090. The highest BCUT2D eigenvalue weighted by Gasteiger charge is 2.35. The van der Waals surface area contributed by atoms with Gasteiger partial charge in [0.1, 0.15) is 16.7 Å². The van der Waals surface area contributed by atoms with E-state index in [0.717, 1.165) is 16.3 Å². The standard InChI is InChI=1S/C22H28N4O4S/c1-25(2)31(28,29)21-12-16(8-9-20(21)30-3)18-13-19(24-23-18)22(27)26-11-10-15-6-4-5-7-17(15)14-26/h4-9,12,18-19,23-24H,10-11,13-14H2,1-3H3. The van der Waals surface area contributed by atoms with Crippen molar-refractivity contribution in [2.24, 2.45) is 0 Å². The number of hydrogen-bond acceptors (Lipinski definition) is 6. The number of hydrogen-bond donors (Lipinski definition) is 2. The van der Waals surface area contributed by atoms with Crippen molar-refractivity contribution in [3.63, 3.8) is 0 Å². The van der Waals surface area contributed by atoms with E-state index in [1.54, 1.807) is 12.1 Å². The Kier molecular flexibility index (Phi) is 6.02. The van der Waals surface area contributed by atoms with Crippen LogP contribution in [-0.4, -0.2) is 57.3 Å². The molecule has 2 aliphatic heterocycles. The van der Waals surface area contributed by atoms with E-state index >= 15 is 0 Å². The number of benzene rings is 2. The van der Waals surface area contributed by atoms with E-state index in [2.05, 4.69) is 23.0 Å². The molecular formula is C22H28N4O4S. The number of fused-ring (bicyclic) bond motifs is 1. The van der Waals surface area contributed by atoms with Crippen LogP contribution >= 0.6 is 0 Å². The Labute approximate surface area is 183 Å². The average molecular weight is 445 g/mol. The van der Waals surface area contributed by atoms with E-state index in [9.17, 15) is 13.2 Å². The van der Waals surface area contributed by atoms with Crippen molar-refractivity contribution < 1.29 is 17.9 Å². The Hall–Kier alpha value is -2.46. The van der Waals surface area contributed by atoms with Gasteiger partial charge in [-0.3, -0.25) is 4.79 Å². The van der Waals surface area contributed by atoms with Gasteiger partial charge in [-0.1, -0.05) is 30.3 Å². The van der Waals surface area contributed by atoms with Gasteiger partial charge in [0.2, 0.25) is 15.9 Å². The third kappa shape index (κ3) is 4.18. The molecule has 166 valence electrons. The molecule has 0 bridgehead atoms. The van der Waals surface area contributed by atoms with E-state index in [-0.39, 0.29) is 22.9 Å². The highest BCUT2D eigenvalue weighted by Crippen LogP contribution is 2.32. The third-order valence-corrected chi connectivity index (χ3v) is 7.83. The van der Waals surface area contributed by atoms with Crippen LogP contribution in [0.4, 0.5) is 0 Å². The molecule has 9 heteroatoms. The smallest absolute Gasteiger partial charge is 0.246 e. The quantitative estimate of drug-likeness (QED) is 0.725. The summed E-state index contributed by atoms with van der Waals surface area (Å²) in [6.45, 7) is 1.32. The maximum Gasteiger partial charge on any atom is 0.246 e. The van der Waals surface area contributed by atoms with Gasteiger partial charge in [0.05, 0.1) is 7.11 Å². The SMILES string of the molecule is COc1ccc(C2CC(C(=O)N3CCc4ccccc4C3)NN2)cc1S(=O)(=O)N(C)C. The number of nitrogens with one attached hydrogen (secondary N) is 2. The molecule has 0 saturated carbocycles. The summed E-state index contributed by atoms with van der Waals surface area (Å²) in [4.78, 5) is 15.1. The van der Waals surface area contributed by atoms with Gasteiger partial charge >= 0.3 is 0 Å². The van der Waals surface area contributed by atoms with E-state index in [0.29, 0.717) is 25.3 Å². The van der Waals surface area contributed by atoms with Crippen molar-refractivity contribution in [2.75, 3.05) is 27.7 Å². The van der Waals surface area contributed by atoms with E-state index in [4.69, 9.17) is 4.74 Å². The van der Waals surface area contributed by atoms with Crippen LogP contribution in [0.3, 0.4) is 0 Å². The van der Waals surface area contributed by atoms with Crippen LogP contribution in [0.1, 0.15) is 29.2 Å². The molecular weight excluding hydrogens is 416 g/mol. The van der Waals surface area contributed by atoms with Gasteiger partial charge in [-0.2, -0.15) is 0 Å². The molecule has 0 radical (unpaired) electrons. The van der Waals surface area contributed by atoms with Crippen molar-refractivity contribution in [3.05, 3.63) is 59.2 Å². The van der Waals surface area contributed by atoms with E-state index in [1.165, 1.54) is 32.3 Å². The van der Waals surface area contributed by atoms with Gasteiger partial charge in [-0.25, -0.2) is 23.6 Å². The van der Waals surface area contributed by atoms with Crippen molar-refractivity contribution in [1.82, 2.24) is 20.1 Å². The summed E-state index contributed by atoms with van der Waals surface area (Å²) >= 11 is 0. The molecule has 2 N–H and O–H groups in total. The first-order chi connectivity index (χ1) is 14.8. The first-order valence-corrected chi connectivity index (χ1v) is 11.7. The number of amides is 1. The van der Waals surface area contributed by atoms with Crippen LogP contribution < -0.4 is 15.6 Å². The zero-order chi connectivity index (χ0) is 22.2. The lowest BCUT2D eigenvalue weighted by atomic mass is 9.98. The summed E-state index contributed by atoms with van der Waals surface area (Å²) in [7, 11) is 0.764. The molecule has 2 aliphatic rings.